The molecule has 0 radical (unpaired) electrons. The van der Waals surface area contributed by atoms with Crippen molar-refractivity contribution in [2.45, 2.75) is 65.3 Å². The van der Waals surface area contributed by atoms with Gasteiger partial charge in [-0.2, -0.15) is 4.98 Å². The standard InChI is InChI=1S/C22H34N6O6/c1-4-12(2)17(23)21(32)33-9-8-14(11-34-16(30)7-5-6-13(3)29)10-15-25-18-19(26-15)27-22(24)28-20(18)31/h12,14,17H,4-11,23H2,1-3H3,(H4,24,25,26,27,28,31)/t12-,14?,17-/m0/s1. The maximum atomic E-state index is 12.2. The minimum absolute atomic E-state index is 0.00664. The molecule has 1 unspecified atom stereocenters. The van der Waals surface area contributed by atoms with Crippen LogP contribution in [0, 0.1) is 11.8 Å². The number of H-pyrrole nitrogens is 2. The number of carbonyl (C=O) groups excluding carboxylic acids is 3. The SMILES string of the molecule is CC[C@H](C)[C@H](N)C(=O)OCCC(COC(=O)CCCC(C)=O)Cc1nc2nc(N)[nH]c(=O)c2[nH]1. The Morgan fingerprint density at radius 3 is 2.53 bits per heavy atom. The van der Waals surface area contributed by atoms with Gasteiger partial charge in [0.15, 0.2) is 11.2 Å². The molecule has 0 saturated carbocycles. The van der Waals surface area contributed by atoms with Gasteiger partial charge in [0.1, 0.15) is 17.6 Å². The summed E-state index contributed by atoms with van der Waals surface area (Å²) in [4.78, 5) is 60.9. The summed E-state index contributed by atoms with van der Waals surface area (Å²) in [6.07, 6.45) is 2.31. The highest BCUT2D eigenvalue weighted by atomic mass is 16.5. The van der Waals surface area contributed by atoms with Crippen LogP contribution >= 0.6 is 0 Å². The van der Waals surface area contributed by atoms with Gasteiger partial charge in [0.25, 0.3) is 5.56 Å². The first-order chi connectivity index (χ1) is 16.1. The van der Waals surface area contributed by atoms with E-state index < -0.39 is 23.5 Å². The highest BCUT2D eigenvalue weighted by Crippen LogP contribution is 2.15. The Morgan fingerprint density at radius 1 is 1.12 bits per heavy atom. The molecule has 2 aromatic heterocycles. The number of esters is 2. The lowest BCUT2D eigenvalue weighted by molar-refractivity contribution is -0.149. The summed E-state index contributed by atoms with van der Waals surface area (Å²) in [7, 11) is 0. The quantitative estimate of drug-likeness (QED) is 0.284. The number of ketones is 1. The zero-order valence-electron chi connectivity index (χ0n) is 19.9. The lowest BCUT2D eigenvalue weighted by Crippen LogP contribution is -2.38. The van der Waals surface area contributed by atoms with E-state index in [1.54, 1.807) is 0 Å². The van der Waals surface area contributed by atoms with Gasteiger partial charge >= 0.3 is 11.9 Å². The summed E-state index contributed by atoms with van der Waals surface area (Å²) >= 11 is 0. The van der Waals surface area contributed by atoms with Gasteiger partial charge in [-0.25, -0.2) is 4.98 Å². The Bertz CT molecular complexity index is 1050. The Kier molecular flexibility index (Phi) is 10.2. The third kappa shape index (κ3) is 8.25. The number of hydrogen-bond acceptors (Lipinski definition) is 10. The largest absolute Gasteiger partial charge is 0.465 e. The monoisotopic (exact) mass is 478 g/mol. The molecule has 0 bridgehead atoms. The third-order valence-electron chi connectivity index (χ3n) is 5.60. The number of hydrogen-bond donors (Lipinski definition) is 4. The fourth-order valence-corrected chi connectivity index (χ4v) is 3.26. The number of ether oxygens (including phenoxy) is 2. The van der Waals surface area contributed by atoms with Crippen molar-refractivity contribution in [3.63, 3.8) is 0 Å². The highest BCUT2D eigenvalue weighted by molar-refractivity contribution is 5.76. The molecule has 34 heavy (non-hydrogen) atoms. The maximum absolute atomic E-state index is 12.2. The fraction of sp³-hybridized carbons (Fsp3) is 0.636. The number of nitrogen functional groups attached to an aromatic ring is 1. The Labute approximate surface area is 197 Å². The van der Waals surface area contributed by atoms with E-state index in [0.717, 1.165) is 6.42 Å². The number of aromatic nitrogens is 4. The Hall–Kier alpha value is -3.28. The Morgan fingerprint density at radius 2 is 1.85 bits per heavy atom. The summed E-state index contributed by atoms with van der Waals surface area (Å²) in [6, 6.07) is -0.707. The van der Waals surface area contributed by atoms with Gasteiger partial charge in [-0.05, 0) is 25.7 Å². The van der Waals surface area contributed by atoms with E-state index in [1.165, 1.54) is 6.92 Å². The number of nitrogens with two attached hydrogens (primary N) is 2. The number of anilines is 1. The second kappa shape index (κ2) is 12.8. The molecule has 0 saturated heterocycles. The van der Waals surface area contributed by atoms with E-state index in [4.69, 9.17) is 20.9 Å². The van der Waals surface area contributed by atoms with Gasteiger partial charge in [0.05, 0.1) is 13.2 Å². The molecule has 0 spiro atoms. The van der Waals surface area contributed by atoms with Crippen molar-refractivity contribution in [1.82, 2.24) is 19.9 Å². The average Bonchev–Trinajstić information content (AvgIpc) is 3.18. The van der Waals surface area contributed by atoms with Gasteiger partial charge in [-0.15, -0.1) is 0 Å². The summed E-state index contributed by atoms with van der Waals surface area (Å²) in [5.74, 6) is -0.747. The molecule has 0 aliphatic heterocycles. The predicted octanol–water partition coefficient (Wildman–Crippen LogP) is 0.996. The van der Waals surface area contributed by atoms with Crippen LogP contribution in [0.25, 0.3) is 11.2 Å². The molecule has 0 aliphatic carbocycles. The molecule has 12 heteroatoms. The van der Waals surface area contributed by atoms with Crippen molar-refractivity contribution in [2.24, 2.45) is 17.6 Å². The summed E-state index contributed by atoms with van der Waals surface area (Å²) < 4.78 is 10.7. The van der Waals surface area contributed by atoms with Gasteiger partial charge in [0, 0.05) is 25.2 Å². The third-order valence-corrected chi connectivity index (χ3v) is 5.60. The van der Waals surface area contributed by atoms with E-state index in [-0.39, 0.29) is 54.4 Å². The van der Waals surface area contributed by atoms with Crippen LogP contribution in [0.2, 0.25) is 0 Å². The van der Waals surface area contributed by atoms with Crippen molar-refractivity contribution in [3.05, 3.63) is 16.2 Å². The Balaban J connectivity index is 2.02. The molecule has 6 N–H and O–H groups in total. The van der Waals surface area contributed by atoms with E-state index >= 15 is 0 Å². The number of carbonyl (C=O) groups is 3. The topological polar surface area (TPSA) is 196 Å². The first kappa shape index (κ1) is 27.0. The first-order valence-corrected chi connectivity index (χ1v) is 11.4. The highest BCUT2D eigenvalue weighted by Gasteiger charge is 2.22. The lowest BCUT2D eigenvalue weighted by atomic mass is 10.0. The van der Waals surface area contributed by atoms with E-state index in [9.17, 15) is 19.2 Å². The fourth-order valence-electron chi connectivity index (χ4n) is 3.26. The van der Waals surface area contributed by atoms with Crippen LogP contribution in [0.4, 0.5) is 5.95 Å². The predicted molar refractivity (Wildman–Crippen MR) is 125 cm³/mol. The zero-order valence-corrected chi connectivity index (χ0v) is 19.9. The molecule has 2 aromatic rings. The van der Waals surface area contributed by atoms with Gasteiger partial charge in [-0.1, -0.05) is 20.3 Å². The molecule has 12 nitrogen and oxygen atoms in total. The van der Waals surface area contributed by atoms with Crippen LogP contribution in [-0.2, 0) is 30.3 Å². The molecule has 188 valence electrons. The van der Waals surface area contributed by atoms with Gasteiger partial charge < -0.3 is 30.7 Å². The van der Waals surface area contributed by atoms with Gasteiger partial charge in [-0.3, -0.25) is 19.4 Å². The smallest absolute Gasteiger partial charge is 0.323 e. The second-order valence-corrected chi connectivity index (χ2v) is 8.51. The van der Waals surface area contributed by atoms with Crippen LogP contribution in [0.1, 0.15) is 58.7 Å². The van der Waals surface area contributed by atoms with Crippen molar-refractivity contribution in [2.75, 3.05) is 18.9 Å². The number of fused-ring (bicyclic) bond motifs is 1. The molecular formula is C22H34N6O6. The normalized spacial score (nSPS) is 13.9. The van der Waals surface area contributed by atoms with Gasteiger partial charge in [0.2, 0.25) is 5.95 Å². The van der Waals surface area contributed by atoms with Crippen molar-refractivity contribution < 1.29 is 23.9 Å². The molecule has 0 aliphatic rings. The number of nitrogens with zero attached hydrogens (tertiary/aromatic N) is 2. The average molecular weight is 479 g/mol. The molecule has 2 heterocycles. The molecule has 0 fully saturated rings. The number of Topliss-reactive ketones (excluding diaryl/α,β-unsaturated/α-hetero) is 1. The van der Waals surface area contributed by atoms with Crippen LogP contribution in [0.15, 0.2) is 4.79 Å². The first-order valence-electron chi connectivity index (χ1n) is 11.4. The number of imidazole rings is 1. The molecule has 3 atom stereocenters. The summed E-state index contributed by atoms with van der Waals surface area (Å²) in [6.45, 7) is 5.43. The van der Waals surface area contributed by atoms with Crippen LogP contribution in [0.5, 0.6) is 0 Å². The van der Waals surface area contributed by atoms with Crippen molar-refractivity contribution >= 4 is 34.8 Å². The van der Waals surface area contributed by atoms with Crippen LogP contribution < -0.4 is 17.0 Å². The molecular weight excluding hydrogens is 444 g/mol. The minimum Gasteiger partial charge on any atom is -0.465 e. The summed E-state index contributed by atoms with van der Waals surface area (Å²) in [5.41, 5.74) is 11.4. The molecule has 0 aromatic carbocycles. The van der Waals surface area contributed by atoms with E-state index in [1.807, 2.05) is 13.8 Å². The minimum atomic E-state index is -0.707. The summed E-state index contributed by atoms with van der Waals surface area (Å²) in [5, 5.41) is 0. The number of aromatic amines is 2. The molecule has 0 amide bonds. The number of nitrogens with one attached hydrogen (secondary N) is 2. The van der Waals surface area contributed by atoms with Crippen molar-refractivity contribution in [1.29, 1.82) is 0 Å². The second-order valence-electron chi connectivity index (χ2n) is 8.51. The van der Waals surface area contributed by atoms with E-state index in [0.29, 0.717) is 31.5 Å². The maximum Gasteiger partial charge on any atom is 0.323 e. The van der Waals surface area contributed by atoms with E-state index in [2.05, 4.69) is 19.9 Å². The molecule has 2 rings (SSSR count). The number of rotatable bonds is 14. The zero-order chi connectivity index (χ0) is 25.3. The lowest BCUT2D eigenvalue weighted by Gasteiger charge is -2.19. The van der Waals surface area contributed by atoms with Crippen LogP contribution in [-0.4, -0.2) is 56.9 Å². The van der Waals surface area contributed by atoms with Crippen LogP contribution in [0.3, 0.4) is 0 Å². The van der Waals surface area contributed by atoms with Crippen molar-refractivity contribution in [3.8, 4) is 0 Å².